The first-order chi connectivity index (χ1) is 8.75. The van der Waals surface area contributed by atoms with Gasteiger partial charge in [0.15, 0.2) is 0 Å². The first-order valence-electron chi connectivity index (χ1n) is 7.05. The second-order valence-electron chi connectivity index (χ2n) is 4.85. The Morgan fingerprint density at radius 3 is 2.89 bits per heavy atom. The van der Waals surface area contributed by atoms with Crippen LogP contribution in [0.2, 0.25) is 0 Å². The van der Waals surface area contributed by atoms with Crippen molar-refractivity contribution in [3.05, 3.63) is 18.2 Å². The highest BCUT2D eigenvalue weighted by atomic mass is 16.5. The quantitative estimate of drug-likeness (QED) is 0.651. The van der Waals surface area contributed by atoms with Crippen LogP contribution in [0.15, 0.2) is 12.4 Å². The highest BCUT2D eigenvalue weighted by Crippen LogP contribution is 2.10. The fourth-order valence-electron chi connectivity index (χ4n) is 1.83. The Hall–Kier alpha value is -0.870. The SMILES string of the molecule is CCCCOCCNCCn1ccnc1C(C)C. The van der Waals surface area contributed by atoms with Crippen LogP contribution in [0.25, 0.3) is 0 Å². The fourth-order valence-corrected chi connectivity index (χ4v) is 1.83. The van der Waals surface area contributed by atoms with Gasteiger partial charge in [-0.1, -0.05) is 27.2 Å². The Morgan fingerprint density at radius 2 is 2.17 bits per heavy atom. The molecule has 104 valence electrons. The number of hydrogen-bond donors (Lipinski definition) is 1. The van der Waals surface area contributed by atoms with E-state index in [1.54, 1.807) is 0 Å². The van der Waals surface area contributed by atoms with Crippen LogP contribution in [0, 0.1) is 0 Å². The standard InChI is InChI=1S/C14H27N3O/c1-4-5-11-18-12-8-15-6-9-17-10-7-16-14(17)13(2)3/h7,10,13,15H,4-6,8-9,11-12H2,1-3H3. The molecule has 1 heterocycles. The van der Waals surface area contributed by atoms with E-state index in [0.717, 1.165) is 45.1 Å². The van der Waals surface area contributed by atoms with Gasteiger partial charge in [-0.3, -0.25) is 0 Å². The minimum absolute atomic E-state index is 0.484. The zero-order valence-corrected chi connectivity index (χ0v) is 12.0. The van der Waals surface area contributed by atoms with E-state index in [2.05, 4.69) is 41.8 Å². The van der Waals surface area contributed by atoms with Gasteiger partial charge in [-0.25, -0.2) is 4.98 Å². The van der Waals surface area contributed by atoms with Gasteiger partial charge in [-0.2, -0.15) is 0 Å². The van der Waals surface area contributed by atoms with E-state index in [-0.39, 0.29) is 0 Å². The summed E-state index contributed by atoms with van der Waals surface area (Å²) >= 11 is 0. The van der Waals surface area contributed by atoms with Crippen LogP contribution < -0.4 is 5.32 Å². The van der Waals surface area contributed by atoms with Crippen molar-refractivity contribution in [2.45, 2.75) is 46.1 Å². The first-order valence-corrected chi connectivity index (χ1v) is 7.05. The maximum absolute atomic E-state index is 5.49. The molecule has 0 aromatic carbocycles. The van der Waals surface area contributed by atoms with E-state index in [1.807, 2.05) is 6.20 Å². The molecule has 0 radical (unpaired) electrons. The van der Waals surface area contributed by atoms with Gasteiger partial charge in [0, 0.05) is 44.6 Å². The minimum atomic E-state index is 0.484. The van der Waals surface area contributed by atoms with Gasteiger partial charge < -0.3 is 14.6 Å². The van der Waals surface area contributed by atoms with E-state index >= 15 is 0 Å². The predicted molar refractivity (Wildman–Crippen MR) is 74.9 cm³/mol. The third kappa shape index (κ3) is 5.65. The van der Waals surface area contributed by atoms with Crippen molar-refractivity contribution in [3.8, 4) is 0 Å². The van der Waals surface area contributed by atoms with Gasteiger partial charge in [0.25, 0.3) is 0 Å². The molecule has 0 bridgehead atoms. The lowest BCUT2D eigenvalue weighted by molar-refractivity contribution is 0.133. The summed E-state index contributed by atoms with van der Waals surface area (Å²) in [6.07, 6.45) is 6.29. The first kappa shape index (κ1) is 15.2. The number of hydrogen-bond acceptors (Lipinski definition) is 3. The van der Waals surface area contributed by atoms with Gasteiger partial charge in [-0.05, 0) is 6.42 Å². The molecule has 1 aromatic rings. The van der Waals surface area contributed by atoms with Crippen molar-refractivity contribution in [1.29, 1.82) is 0 Å². The second-order valence-corrected chi connectivity index (χ2v) is 4.85. The van der Waals surface area contributed by atoms with Gasteiger partial charge in [0.1, 0.15) is 5.82 Å². The fraction of sp³-hybridized carbons (Fsp3) is 0.786. The van der Waals surface area contributed by atoms with Gasteiger partial charge in [0.05, 0.1) is 6.61 Å². The molecule has 0 spiro atoms. The number of unbranched alkanes of at least 4 members (excludes halogenated alkanes) is 1. The van der Waals surface area contributed by atoms with Crippen molar-refractivity contribution in [3.63, 3.8) is 0 Å². The van der Waals surface area contributed by atoms with Crippen molar-refractivity contribution < 1.29 is 4.74 Å². The number of nitrogens with one attached hydrogen (secondary N) is 1. The summed E-state index contributed by atoms with van der Waals surface area (Å²) in [6, 6.07) is 0. The monoisotopic (exact) mass is 253 g/mol. The number of rotatable bonds is 10. The molecule has 0 unspecified atom stereocenters. The summed E-state index contributed by atoms with van der Waals surface area (Å²) in [5, 5.41) is 3.39. The van der Waals surface area contributed by atoms with Crippen LogP contribution in [-0.2, 0) is 11.3 Å². The summed E-state index contributed by atoms with van der Waals surface area (Å²) in [5.74, 6) is 1.65. The number of aromatic nitrogens is 2. The highest BCUT2D eigenvalue weighted by Gasteiger charge is 2.05. The van der Waals surface area contributed by atoms with E-state index in [4.69, 9.17) is 4.74 Å². The summed E-state index contributed by atoms with van der Waals surface area (Å²) in [4.78, 5) is 4.37. The van der Waals surface area contributed by atoms with E-state index < -0.39 is 0 Å². The lowest BCUT2D eigenvalue weighted by atomic mass is 10.2. The van der Waals surface area contributed by atoms with E-state index in [9.17, 15) is 0 Å². The molecule has 1 N–H and O–H groups in total. The number of imidazole rings is 1. The minimum Gasteiger partial charge on any atom is -0.380 e. The molecule has 0 aliphatic heterocycles. The lowest BCUT2D eigenvalue weighted by Crippen LogP contribution is -2.24. The largest absolute Gasteiger partial charge is 0.380 e. The molecule has 0 amide bonds. The maximum atomic E-state index is 5.49. The molecule has 0 fully saturated rings. The Balaban J connectivity index is 2.05. The van der Waals surface area contributed by atoms with E-state index in [0.29, 0.717) is 5.92 Å². The molecule has 4 heteroatoms. The molecule has 0 aliphatic rings. The number of nitrogens with zero attached hydrogens (tertiary/aromatic N) is 2. The average Bonchev–Trinajstić information content (AvgIpc) is 2.81. The van der Waals surface area contributed by atoms with Crippen LogP contribution in [0.5, 0.6) is 0 Å². The third-order valence-corrected chi connectivity index (χ3v) is 2.86. The Morgan fingerprint density at radius 1 is 1.33 bits per heavy atom. The summed E-state index contributed by atoms with van der Waals surface area (Å²) in [5.41, 5.74) is 0. The maximum Gasteiger partial charge on any atom is 0.111 e. The summed E-state index contributed by atoms with van der Waals surface area (Å²) < 4.78 is 7.71. The zero-order valence-electron chi connectivity index (χ0n) is 12.0. The van der Waals surface area contributed by atoms with Crippen molar-refractivity contribution in [1.82, 2.24) is 14.9 Å². The van der Waals surface area contributed by atoms with Gasteiger partial charge >= 0.3 is 0 Å². The molecule has 0 aliphatic carbocycles. The third-order valence-electron chi connectivity index (χ3n) is 2.86. The second kappa shape index (κ2) is 9.11. The Bertz CT molecular complexity index is 310. The summed E-state index contributed by atoms with van der Waals surface area (Å²) in [7, 11) is 0. The van der Waals surface area contributed by atoms with Crippen LogP contribution in [0.4, 0.5) is 0 Å². The molecule has 1 aromatic heterocycles. The van der Waals surface area contributed by atoms with Crippen molar-refractivity contribution >= 4 is 0 Å². The topological polar surface area (TPSA) is 39.1 Å². The molecule has 18 heavy (non-hydrogen) atoms. The molecular formula is C14H27N3O. The Kier molecular flexibility index (Phi) is 7.69. The number of ether oxygens (including phenoxy) is 1. The molecule has 0 saturated heterocycles. The predicted octanol–water partition coefficient (Wildman–Crippen LogP) is 2.41. The van der Waals surface area contributed by atoms with Crippen LogP contribution in [0.3, 0.4) is 0 Å². The molecule has 1 rings (SSSR count). The molecule has 0 saturated carbocycles. The van der Waals surface area contributed by atoms with Gasteiger partial charge in [0.2, 0.25) is 0 Å². The Labute approximate surface area is 111 Å². The molecule has 0 atom stereocenters. The van der Waals surface area contributed by atoms with E-state index in [1.165, 1.54) is 6.42 Å². The lowest BCUT2D eigenvalue weighted by Gasteiger charge is -2.11. The van der Waals surface area contributed by atoms with Gasteiger partial charge in [-0.15, -0.1) is 0 Å². The molecular weight excluding hydrogens is 226 g/mol. The van der Waals surface area contributed by atoms with Crippen LogP contribution in [-0.4, -0.2) is 35.9 Å². The van der Waals surface area contributed by atoms with Crippen LogP contribution in [0.1, 0.15) is 45.4 Å². The van der Waals surface area contributed by atoms with Crippen LogP contribution >= 0.6 is 0 Å². The average molecular weight is 253 g/mol. The normalized spacial score (nSPS) is 11.3. The highest BCUT2D eigenvalue weighted by molar-refractivity contribution is 4.97. The smallest absolute Gasteiger partial charge is 0.111 e. The van der Waals surface area contributed by atoms with Crippen molar-refractivity contribution in [2.75, 3.05) is 26.3 Å². The van der Waals surface area contributed by atoms with Crippen molar-refractivity contribution in [2.24, 2.45) is 0 Å². The molecule has 4 nitrogen and oxygen atoms in total. The zero-order chi connectivity index (χ0) is 13.2. The summed E-state index contributed by atoms with van der Waals surface area (Å²) in [6.45, 7) is 11.1.